The SMILES string of the molecule is CN(C)C(=O)c1cc(F)ccc1CNC(=O)c1nc(N2CCCCS2(O)O)c2cccnc2c1O. The smallest absolute Gasteiger partial charge is 0.274 e. The van der Waals surface area contributed by atoms with Gasteiger partial charge < -0.3 is 15.3 Å². The highest BCUT2D eigenvalue weighted by atomic mass is 32.3. The molecule has 1 aliphatic rings. The van der Waals surface area contributed by atoms with Gasteiger partial charge in [0.25, 0.3) is 11.8 Å². The molecule has 4 N–H and O–H groups in total. The van der Waals surface area contributed by atoms with Crippen LogP contribution in [0.2, 0.25) is 0 Å². The fourth-order valence-corrected chi connectivity index (χ4v) is 5.56. The van der Waals surface area contributed by atoms with E-state index in [0.717, 1.165) is 6.07 Å². The number of aromatic nitrogens is 2. The molecule has 3 heterocycles. The number of pyridine rings is 2. The number of rotatable bonds is 5. The van der Waals surface area contributed by atoms with Crippen LogP contribution in [0, 0.1) is 5.82 Å². The highest BCUT2D eigenvalue weighted by Crippen LogP contribution is 2.51. The van der Waals surface area contributed by atoms with Crippen molar-refractivity contribution in [2.24, 2.45) is 0 Å². The van der Waals surface area contributed by atoms with Gasteiger partial charge in [-0.05, 0) is 42.7 Å². The zero-order chi connectivity index (χ0) is 25.3. The number of anilines is 1. The monoisotopic (exact) mass is 503 g/mol. The first-order valence-corrected chi connectivity index (χ1v) is 12.6. The Balaban J connectivity index is 1.70. The largest absolute Gasteiger partial charge is 0.504 e. The van der Waals surface area contributed by atoms with E-state index in [4.69, 9.17) is 0 Å². The van der Waals surface area contributed by atoms with Crippen molar-refractivity contribution < 1.29 is 28.2 Å². The minimum Gasteiger partial charge on any atom is -0.504 e. The molecule has 0 unspecified atom stereocenters. The topological polar surface area (TPSA) is 139 Å². The molecule has 0 saturated carbocycles. The van der Waals surface area contributed by atoms with Crippen LogP contribution < -0.4 is 9.62 Å². The zero-order valence-electron chi connectivity index (χ0n) is 19.2. The lowest BCUT2D eigenvalue weighted by Crippen LogP contribution is -2.35. The molecule has 12 heteroatoms. The number of hydrogen-bond donors (Lipinski definition) is 4. The molecule has 2 amide bonds. The minimum atomic E-state index is -3.15. The number of hydrogen-bond acceptors (Lipinski definition) is 8. The summed E-state index contributed by atoms with van der Waals surface area (Å²) in [6.45, 7) is 0.181. The molecule has 2 aromatic heterocycles. The summed E-state index contributed by atoms with van der Waals surface area (Å²) < 4.78 is 36.4. The first-order chi connectivity index (χ1) is 16.6. The lowest BCUT2D eigenvalue weighted by molar-refractivity contribution is 0.0823. The number of nitrogens with zero attached hydrogens (tertiary/aromatic N) is 4. The fraction of sp³-hybridized carbons (Fsp3) is 0.304. The Morgan fingerprint density at radius 3 is 2.71 bits per heavy atom. The first-order valence-electron chi connectivity index (χ1n) is 10.9. The summed E-state index contributed by atoms with van der Waals surface area (Å²) in [5, 5.41) is 13.8. The van der Waals surface area contributed by atoms with Crippen molar-refractivity contribution >= 4 is 39.3 Å². The summed E-state index contributed by atoms with van der Waals surface area (Å²) in [5.41, 5.74) is 0.209. The van der Waals surface area contributed by atoms with Crippen molar-refractivity contribution in [3.8, 4) is 5.75 Å². The van der Waals surface area contributed by atoms with E-state index >= 15 is 0 Å². The predicted molar refractivity (Wildman–Crippen MR) is 131 cm³/mol. The number of benzene rings is 1. The van der Waals surface area contributed by atoms with Gasteiger partial charge in [-0.3, -0.25) is 28.0 Å². The third-order valence-electron chi connectivity index (χ3n) is 5.70. The lowest BCUT2D eigenvalue weighted by Gasteiger charge is -2.47. The fourth-order valence-electron chi connectivity index (χ4n) is 3.91. The van der Waals surface area contributed by atoms with Gasteiger partial charge in [-0.25, -0.2) is 9.37 Å². The minimum absolute atomic E-state index is 0.0914. The van der Waals surface area contributed by atoms with Crippen LogP contribution in [0.3, 0.4) is 0 Å². The Kier molecular flexibility index (Phi) is 6.79. The number of aromatic hydroxyl groups is 1. The normalized spacial score (nSPS) is 16.1. The van der Waals surface area contributed by atoms with E-state index in [1.165, 1.54) is 41.6 Å². The summed E-state index contributed by atoms with van der Waals surface area (Å²) in [5.74, 6) is -1.93. The van der Waals surface area contributed by atoms with E-state index < -0.39 is 34.2 Å². The quantitative estimate of drug-likeness (QED) is 0.416. The highest BCUT2D eigenvalue weighted by Gasteiger charge is 2.31. The molecule has 1 aliphatic heterocycles. The molecule has 0 aliphatic carbocycles. The van der Waals surface area contributed by atoms with Crippen LogP contribution >= 0.6 is 10.8 Å². The van der Waals surface area contributed by atoms with Crippen LogP contribution in [0.25, 0.3) is 10.9 Å². The molecule has 1 fully saturated rings. The third-order valence-corrected chi connectivity index (χ3v) is 7.59. The first kappa shape index (κ1) is 24.6. The van der Waals surface area contributed by atoms with Gasteiger partial charge in [0, 0.05) is 44.3 Å². The Morgan fingerprint density at radius 2 is 2.00 bits per heavy atom. The molecule has 0 spiro atoms. The maximum atomic E-state index is 13.8. The molecule has 35 heavy (non-hydrogen) atoms. The molecule has 10 nitrogen and oxygen atoms in total. The molecule has 0 bridgehead atoms. The number of nitrogens with one attached hydrogen (secondary N) is 1. The average molecular weight is 504 g/mol. The van der Waals surface area contributed by atoms with E-state index in [-0.39, 0.29) is 34.9 Å². The summed E-state index contributed by atoms with van der Waals surface area (Å²) in [6, 6.07) is 6.94. The molecule has 0 radical (unpaired) electrons. The van der Waals surface area contributed by atoms with E-state index in [1.54, 1.807) is 12.1 Å². The molecular weight excluding hydrogens is 477 g/mol. The second-order valence-electron chi connectivity index (χ2n) is 8.36. The zero-order valence-corrected chi connectivity index (χ0v) is 20.0. The van der Waals surface area contributed by atoms with Gasteiger partial charge in [-0.2, -0.15) is 0 Å². The molecule has 4 rings (SSSR count). The molecule has 0 atom stereocenters. The van der Waals surface area contributed by atoms with Gasteiger partial charge in [0.15, 0.2) is 17.3 Å². The van der Waals surface area contributed by atoms with Gasteiger partial charge in [0.05, 0.1) is 5.75 Å². The van der Waals surface area contributed by atoms with Crippen LogP contribution in [0.15, 0.2) is 36.5 Å². The molecule has 1 saturated heterocycles. The van der Waals surface area contributed by atoms with E-state index in [2.05, 4.69) is 15.3 Å². The summed E-state index contributed by atoms with van der Waals surface area (Å²) in [4.78, 5) is 35.3. The van der Waals surface area contributed by atoms with Crippen molar-refractivity contribution in [1.29, 1.82) is 0 Å². The maximum absolute atomic E-state index is 13.8. The molecule has 3 aromatic rings. The standard InChI is InChI=1S/C23H26FN5O5S/c1-28(2)23(32)17-12-15(24)8-7-14(17)13-26-22(31)19-20(30)18-16(6-5-9-25-18)21(27-19)29-10-3-4-11-35(29,33)34/h5-9,12,30,33-34H,3-4,10-11,13H2,1-2H3,(H,26,31). The van der Waals surface area contributed by atoms with Crippen molar-refractivity contribution in [3.63, 3.8) is 0 Å². The number of amides is 2. The van der Waals surface area contributed by atoms with Gasteiger partial charge in [0.2, 0.25) is 0 Å². The Hall–Kier alpha value is -3.48. The summed E-state index contributed by atoms with van der Waals surface area (Å²) in [6.07, 6.45) is 2.79. The predicted octanol–water partition coefficient (Wildman–Crippen LogP) is 3.37. The Morgan fingerprint density at radius 1 is 1.23 bits per heavy atom. The van der Waals surface area contributed by atoms with Gasteiger partial charge in [-0.15, -0.1) is 10.8 Å². The third kappa shape index (κ3) is 4.85. The molecular formula is C23H26FN5O5S. The van der Waals surface area contributed by atoms with Crippen molar-refractivity contribution in [2.45, 2.75) is 19.4 Å². The van der Waals surface area contributed by atoms with Gasteiger partial charge in [0.1, 0.15) is 11.3 Å². The van der Waals surface area contributed by atoms with Gasteiger partial charge in [-0.1, -0.05) is 6.07 Å². The van der Waals surface area contributed by atoms with Crippen molar-refractivity contribution in [2.75, 3.05) is 30.7 Å². The van der Waals surface area contributed by atoms with Crippen molar-refractivity contribution in [1.82, 2.24) is 20.2 Å². The molecule has 186 valence electrons. The highest BCUT2D eigenvalue weighted by molar-refractivity contribution is 8.25. The Bertz CT molecular complexity index is 1300. The number of carbonyl (C=O) groups excluding carboxylic acids is 2. The van der Waals surface area contributed by atoms with Crippen LogP contribution in [0.4, 0.5) is 10.2 Å². The second kappa shape index (κ2) is 9.64. The summed E-state index contributed by atoms with van der Waals surface area (Å²) >= 11 is 0. The van der Waals surface area contributed by atoms with Crippen LogP contribution in [0.5, 0.6) is 5.75 Å². The second-order valence-corrected chi connectivity index (χ2v) is 10.5. The lowest BCUT2D eigenvalue weighted by atomic mass is 10.1. The molecule has 1 aromatic carbocycles. The van der Waals surface area contributed by atoms with E-state index in [1.807, 2.05) is 0 Å². The van der Waals surface area contributed by atoms with Gasteiger partial charge >= 0.3 is 0 Å². The van der Waals surface area contributed by atoms with E-state index in [0.29, 0.717) is 30.3 Å². The van der Waals surface area contributed by atoms with Crippen LogP contribution in [0.1, 0.15) is 39.3 Å². The van der Waals surface area contributed by atoms with Crippen molar-refractivity contribution in [3.05, 3.63) is 59.2 Å². The number of fused-ring (bicyclic) bond motifs is 1. The van der Waals surface area contributed by atoms with E-state index in [9.17, 15) is 28.2 Å². The van der Waals surface area contributed by atoms with Crippen LogP contribution in [-0.2, 0) is 6.54 Å². The Labute approximate surface area is 202 Å². The maximum Gasteiger partial charge on any atom is 0.274 e. The number of halogens is 1. The van der Waals surface area contributed by atoms with Crippen LogP contribution in [-0.4, -0.2) is 67.3 Å². The summed E-state index contributed by atoms with van der Waals surface area (Å²) in [7, 11) is -0.0863. The average Bonchev–Trinajstić information content (AvgIpc) is 2.83. The number of carbonyl (C=O) groups is 2.